The smallest absolute Gasteiger partial charge is 0.247 e. The van der Waals surface area contributed by atoms with Crippen LogP contribution in [0.4, 0.5) is 0 Å². The molecule has 2 aromatic carbocycles. The highest BCUT2D eigenvalue weighted by atomic mass is 32.2. The van der Waals surface area contributed by atoms with Gasteiger partial charge in [-0.1, -0.05) is 36.4 Å². The Kier molecular flexibility index (Phi) is 5.83. The van der Waals surface area contributed by atoms with Crippen molar-refractivity contribution in [2.24, 2.45) is 0 Å². The summed E-state index contributed by atoms with van der Waals surface area (Å²) in [5.74, 6) is 0.311. The van der Waals surface area contributed by atoms with Gasteiger partial charge in [-0.25, -0.2) is 8.42 Å². The van der Waals surface area contributed by atoms with Crippen LogP contribution in [0.3, 0.4) is 0 Å². The van der Waals surface area contributed by atoms with Gasteiger partial charge in [-0.15, -0.1) is 0 Å². The molecule has 9 nitrogen and oxygen atoms in total. The molecule has 2 aromatic rings. The summed E-state index contributed by atoms with van der Waals surface area (Å²) in [7, 11) is -3.67. The van der Waals surface area contributed by atoms with E-state index in [1.54, 1.807) is 25.1 Å². The first-order valence-electron chi connectivity index (χ1n) is 10.1. The Hall–Kier alpha value is -3.11. The van der Waals surface area contributed by atoms with E-state index in [-0.39, 0.29) is 33.0 Å². The third-order valence-electron chi connectivity index (χ3n) is 5.72. The number of fused-ring (bicyclic) bond motifs is 1. The van der Waals surface area contributed by atoms with Crippen molar-refractivity contribution in [3.8, 4) is 11.5 Å². The van der Waals surface area contributed by atoms with Gasteiger partial charge in [0, 0.05) is 19.6 Å². The van der Waals surface area contributed by atoms with Crippen molar-refractivity contribution in [2.75, 3.05) is 26.1 Å². The van der Waals surface area contributed by atoms with Gasteiger partial charge in [0.15, 0.2) is 11.5 Å². The predicted octanol–water partition coefficient (Wildman–Crippen LogP) is 1.09. The maximum Gasteiger partial charge on any atom is 0.247 e. The van der Waals surface area contributed by atoms with Crippen molar-refractivity contribution in [1.29, 1.82) is 0 Å². The molecule has 0 radical (unpaired) electrons. The lowest BCUT2D eigenvalue weighted by atomic mass is 9.94. The van der Waals surface area contributed by atoms with Crippen LogP contribution in [-0.2, 0) is 32.7 Å². The molecule has 1 atom stereocenters. The molecule has 32 heavy (non-hydrogen) atoms. The number of benzene rings is 2. The fourth-order valence-corrected chi connectivity index (χ4v) is 4.71. The predicted molar refractivity (Wildman–Crippen MR) is 116 cm³/mol. The van der Waals surface area contributed by atoms with Gasteiger partial charge in [-0.3, -0.25) is 9.59 Å². The maximum atomic E-state index is 13.3. The van der Waals surface area contributed by atoms with Crippen LogP contribution < -0.4 is 14.8 Å². The van der Waals surface area contributed by atoms with Crippen molar-refractivity contribution in [2.45, 2.75) is 25.6 Å². The van der Waals surface area contributed by atoms with Gasteiger partial charge < -0.3 is 19.7 Å². The van der Waals surface area contributed by atoms with Crippen LogP contribution in [-0.4, -0.2) is 61.1 Å². The Morgan fingerprint density at radius 3 is 2.53 bits per heavy atom. The minimum absolute atomic E-state index is 0.127. The number of piperazine rings is 1. The van der Waals surface area contributed by atoms with E-state index >= 15 is 0 Å². The summed E-state index contributed by atoms with van der Waals surface area (Å²) >= 11 is 0. The number of ether oxygens (including phenoxy) is 2. The molecule has 1 N–H and O–H groups in total. The largest absolute Gasteiger partial charge is 0.454 e. The van der Waals surface area contributed by atoms with Crippen LogP contribution in [0.15, 0.2) is 48.5 Å². The highest BCUT2D eigenvalue weighted by Crippen LogP contribution is 2.34. The van der Waals surface area contributed by atoms with Gasteiger partial charge >= 0.3 is 0 Å². The zero-order valence-corrected chi connectivity index (χ0v) is 18.7. The third-order valence-corrected chi connectivity index (χ3v) is 6.92. The standard InChI is InChI=1S/C22H25N3O6S/c1-22(21(27)23-11-16-6-4-3-5-7-16)14-24(32(2,28)29)13-20(26)25(22)12-17-8-9-18-19(10-17)31-15-30-18/h3-10H,11-15H2,1-2H3,(H,23,27). The van der Waals surface area contributed by atoms with E-state index in [0.717, 1.165) is 21.7 Å². The van der Waals surface area contributed by atoms with Gasteiger partial charge in [0.25, 0.3) is 0 Å². The number of sulfonamides is 1. The number of carbonyl (C=O) groups is 2. The first-order valence-corrected chi connectivity index (χ1v) is 12.0. The SMILES string of the molecule is CC1(C(=O)NCc2ccccc2)CN(S(C)(=O)=O)CC(=O)N1Cc1ccc2c(c1)OCO2. The van der Waals surface area contributed by atoms with Crippen LogP contribution in [0.5, 0.6) is 11.5 Å². The molecule has 1 fully saturated rings. The van der Waals surface area contributed by atoms with Crippen LogP contribution in [0.1, 0.15) is 18.1 Å². The van der Waals surface area contributed by atoms with Gasteiger partial charge in [-0.2, -0.15) is 4.31 Å². The van der Waals surface area contributed by atoms with Crippen molar-refractivity contribution in [3.05, 3.63) is 59.7 Å². The number of nitrogens with one attached hydrogen (secondary N) is 1. The van der Waals surface area contributed by atoms with Crippen LogP contribution in [0.2, 0.25) is 0 Å². The molecule has 4 rings (SSSR count). The molecule has 2 heterocycles. The molecule has 1 saturated heterocycles. The highest BCUT2D eigenvalue weighted by Gasteiger charge is 2.49. The minimum Gasteiger partial charge on any atom is -0.454 e. The Morgan fingerprint density at radius 1 is 1.09 bits per heavy atom. The summed E-state index contributed by atoms with van der Waals surface area (Å²) in [5.41, 5.74) is 0.246. The van der Waals surface area contributed by atoms with Gasteiger partial charge in [0.05, 0.1) is 12.8 Å². The monoisotopic (exact) mass is 459 g/mol. The second-order valence-electron chi connectivity index (χ2n) is 8.14. The average Bonchev–Trinajstić information content (AvgIpc) is 3.22. The van der Waals surface area contributed by atoms with E-state index in [1.807, 2.05) is 30.3 Å². The molecule has 2 aliphatic heterocycles. The van der Waals surface area contributed by atoms with Gasteiger partial charge in [0.2, 0.25) is 28.6 Å². The molecular weight excluding hydrogens is 434 g/mol. The third kappa shape index (κ3) is 4.42. The Morgan fingerprint density at radius 2 is 1.81 bits per heavy atom. The van der Waals surface area contributed by atoms with Crippen LogP contribution >= 0.6 is 0 Å². The van der Waals surface area contributed by atoms with Crippen molar-refractivity contribution >= 4 is 21.8 Å². The molecule has 170 valence electrons. The van der Waals surface area contributed by atoms with E-state index in [9.17, 15) is 18.0 Å². The molecule has 2 aliphatic rings. The van der Waals surface area contributed by atoms with E-state index < -0.39 is 27.4 Å². The van der Waals surface area contributed by atoms with E-state index in [4.69, 9.17) is 9.47 Å². The average molecular weight is 460 g/mol. The van der Waals surface area contributed by atoms with Crippen LogP contribution in [0, 0.1) is 0 Å². The first-order chi connectivity index (χ1) is 15.2. The Bertz CT molecular complexity index is 1140. The van der Waals surface area contributed by atoms with Crippen molar-refractivity contribution in [3.63, 3.8) is 0 Å². The Labute approximate surface area is 187 Å². The van der Waals surface area contributed by atoms with Crippen molar-refractivity contribution in [1.82, 2.24) is 14.5 Å². The molecule has 0 aromatic heterocycles. The lowest BCUT2D eigenvalue weighted by molar-refractivity contribution is -0.153. The number of hydrogen-bond donors (Lipinski definition) is 1. The minimum atomic E-state index is -3.67. The van der Waals surface area contributed by atoms with Gasteiger partial charge in [0.1, 0.15) is 5.54 Å². The fraction of sp³-hybridized carbons (Fsp3) is 0.364. The summed E-state index contributed by atoms with van der Waals surface area (Å²) in [6, 6.07) is 14.7. The highest BCUT2D eigenvalue weighted by molar-refractivity contribution is 7.88. The summed E-state index contributed by atoms with van der Waals surface area (Å²) in [6.07, 6.45) is 1.04. The zero-order chi connectivity index (χ0) is 22.9. The number of nitrogens with zero attached hydrogens (tertiary/aromatic N) is 2. The molecule has 0 aliphatic carbocycles. The van der Waals surface area contributed by atoms with E-state index in [1.165, 1.54) is 4.90 Å². The molecule has 10 heteroatoms. The number of rotatable bonds is 6. The second kappa shape index (κ2) is 8.44. The molecule has 2 amide bonds. The zero-order valence-electron chi connectivity index (χ0n) is 17.9. The van der Waals surface area contributed by atoms with E-state index in [2.05, 4.69) is 5.32 Å². The summed E-state index contributed by atoms with van der Waals surface area (Å²) in [6.45, 7) is 1.66. The topological polar surface area (TPSA) is 105 Å². The maximum absolute atomic E-state index is 13.3. The fourth-order valence-electron chi connectivity index (χ4n) is 3.88. The summed E-state index contributed by atoms with van der Waals surface area (Å²) < 4.78 is 36.2. The molecular formula is C22H25N3O6S. The summed E-state index contributed by atoms with van der Waals surface area (Å²) in [5, 5.41) is 2.86. The summed E-state index contributed by atoms with van der Waals surface area (Å²) in [4.78, 5) is 27.8. The number of amides is 2. The van der Waals surface area contributed by atoms with Crippen LogP contribution in [0.25, 0.3) is 0 Å². The quantitative estimate of drug-likeness (QED) is 0.694. The normalized spacial score (nSPS) is 20.9. The lowest BCUT2D eigenvalue weighted by Crippen LogP contribution is -2.69. The first kappa shape index (κ1) is 22.1. The number of hydrogen-bond acceptors (Lipinski definition) is 6. The molecule has 0 saturated carbocycles. The van der Waals surface area contributed by atoms with E-state index in [0.29, 0.717) is 11.5 Å². The van der Waals surface area contributed by atoms with Crippen molar-refractivity contribution < 1.29 is 27.5 Å². The Balaban J connectivity index is 1.61. The van der Waals surface area contributed by atoms with Gasteiger partial charge in [-0.05, 0) is 30.2 Å². The second-order valence-corrected chi connectivity index (χ2v) is 10.1. The lowest BCUT2D eigenvalue weighted by Gasteiger charge is -2.46. The molecule has 1 unspecified atom stereocenters. The number of carbonyl (C=O) groups excluding carboxylic acids is 2. The molecule has 0 spiro atoms. The molecule has 0 bridgehead atoms.